The molecular formula is C16H13NO3. The molecule has 1 heterocycles. The second kappa shape index (κ2) is 4.74. The molecule has 2 aromatic rings. The van der Waals surface area contributed by atoms with Gasteiger partial charge in [-0.3, -0.25) is 9.78 Å². The number of phenols is 1. The largest absolute Gasteiger partial charge is 0.508 e. The van der Waals surface area contributed by atoms with Crippen molar-refractivity contribution in [1.29, 1.82) is 0 Å². The van der Waals surface area contributed by atoms with E-state index in [1.54, 1.807) is 12.1 Å². The Morgan fingerprint density at radius 1 is 1.15 bits per heavy atom. The van der Waals surface area contributed by atoms with Crippen molar-refractivity contribution in [1.82, 2.24) is 4.98 Å². The monoisotopic (exact) mass is 267 g/mol. The third-order valence-electron chi connectivity index (χ3n) is 3.22. The van der Waals surface area contributed by atoms with E-state index < -0.39 is 0 Å². The minimum absolute atomic E-state index is 0.135. The van der Waals surface area contributed by atoms with Gasteiger partial charge in [0, 0.05) is 11.3 Å². The normalized spacial score (nSPS) is 15.3. The van der Waals surface area contributed by atoms with Gasteiger partial charge in [0.05, 0.1) is 0 Å². The molecule has 0 spiro atoms. The summed E-state index contributed by atoms with van der Waals surface area (Å²) in [5, 5.41) is 20.0. The quantitative estimate of drug-likeness (QED) is 0.716. The molecule has 1 aromatic heterocycles. The summed E-state index contributed by atoms with van der Waals surface area (Å²) in [6, 6.07) is 8.44. The Labute approximate surface area is 114 Å². The lowest BCUT2D eigenvalue weighted by Crippen LogP contribution is -2.41. The number of aromatic hydroxyl groups is 2. The standard InChI is InChI=1S/C16H13NO3/c18-13-4-1-10(2-5-13)7-11-3-6-14-12(8-11)9-15(19)17-16(14)20/h1-2,4-9,18-19H,3H2,(H,17,20). The molecule has 0 aliphatic heterocycles. The van der Waals surface area contributed by atoms with Crippen LogP contribution in [0.4, 0.5) is 0 Å². The van der Waals surface area contributed by atoms with Gasteiger partial charge in [0.15, 0.2) is 5.88 Å². The van der Waals surface area contributed by atoms with Crippen LogP contribution in [0.15, 0.2) is 40.7 Å². The summed E-state index contributed by atoms with van der Waals surface area (Å²) in [6.07, 6.45) is 6.37. The fraction of sp³-hybridized carbons (Fsp3) is 0.0625. The zero-order chi connectivity index (χ0) is 14.1. The third kappa shape index (κ3) is 2.36. The maximum Gasteiger partial charge on any atom is 0.258 e. The number of aromatic nitrogens is 1. The van der Waals surface area contributed by atoms with E-state index in [4.69, 9.17) is 0 Å². The van der Waals surface area contributed by atoms with E-state index in [9.17, 15) is 15.0 Å². The highest BCUT2D eigenvalue weighted by Crippen LogP contribution is 2.16. The molecule has 0 unspecified atom stereocenters. The lowest BCUT2D eigenvalue weighted by atomic mass is 10.0. The van der Waals surface area contributed by atoms with Crippen molar-refractivity contribution in [3.05, 3.63) is 62.3 Å². The van der Waals surface area contributed by atoms with E-state index in [0.717, 1.165) is 11.1 Å². The molecule has 20 heavy (non-hydrogen) atoms. The summed E-state index contributed by atoms with van der Waals surface area (Å²) in [5.41, 5.74) is 1.73. The number of phenolic OH excluding ortho intramolecular Hbond substituents is 1. The van der Waals surface area contributed by atoms with Crippen LogP contribution < -0.4 is 16.0 Å². The Balaban J connectivity index is 2.08. The Hall–Kier alpha value is -2.75. The number of allylic oxidation sites excluding steroid dienone is 1. The van der Waals surface area contributed by atoms with Crippen LogP contribution in [0.3, 0.4) is 0 Å². The molecule has 3 rings (SSSR count). The summed E-state index contributed by atoms with van der Waals surface area (Å²) in [5.74, 6) is 0.0948. The molecule has 4 heteroatoms. The molecule has 4 nitrogen and oxygen atoms in total. The Morgan fingerprint density at radius 2 is 1.90 bits per heavy atom. The molecule has 1 aromatic carbocycles. The smallest absolute Gasteiger partial charge is 0.258 e. The van der Waals surface area contributed by atoms with Crippen LogP contribution in [0.2, 0.25) is 0 Å². The van der Waals surface area contributed by atoms with Crippen molar-refractivity contribution in [3.63, 3.8) is 0 Å². The number of pyridine rings is 1. The number of benzene rings is 1. The predicted octanol–water partition coefficient (Wildman–Crippen LogP) is 0.834. The highest BCUT2D eigenvalue weighted by atomic mass is 16.3. The van der Waals surface area contributed by atoms with Gasteiger partial charge in [-0.25, -0.2) is 0 Å². The van der Waals surface area contributed by atoms with Crippen LogP contribution in [0.1, 0.15) is 12.0 Å². The molecule has 0 saturated carbocycles. The van der Waals surface area contributed by atoms with Crippen LogP contribution in [-0.4, -0.2) is 15.2 Å². The van der Waals surface area contributed by atoms with Crippen LogP contribution in [0.25, 0.3) is 18.2 Å². The summed E-state index contributed by atoms with van der Waals surface area (Å²) in [6.45, 7) is 0. The first-order chi connectivity index (χ1) is 9.61. The highest BCUT2D eigenvalue weighted by Gasteiger charge is 2.03. The lowest BCUT2D eigenvalue weighted by Gasteiger charge is -2.05. The Morgan fingerprint density at radius 3 is 2.65 bits per heavy atom. The lowest BCUT2D eigenvalue weighted by molar-refractivity contribution is 0.450. The summed E-state index contributed by atoms with van der Waals surface area (Å²) in [4.78, 5) is 14.0. The first-order valence-electron chi connectivity index (χ1n) is 6.26. The first kappa shape index (κ1) is 12.3. The van der Waals surface area contributed by atoms with Gasteiger partial charge < -0.3 is 10.2 Å². The SMILES string of the molecule is O=c1[nH]c(O)cc2c1=CCC(=Cc1ccc(O)cc1)C=2. The number of rotatable bonds is 1. The van der Waals surface area contributed by atoms with E-state index in [2.05, 4.69) is 4.98 Å². The van der Waals surface area contributed by atoms with Crippen LogP contribution in [0.5, 0.6) is 11.6 Å². The fourth-order valence-electron chi connectivity index (χ4n) is 2.27. The molecule has 3 N–H and O–H groups in total. The number of fused-ring (bicyclic) bond motifs is 1. The summed E-state index contributed by atoms with van der Waals surface area (Å²) >= 11 is 0. The molecule has 100 valence electrons. The van der Waals surface area contributed by atoms with Crippen molar-refractivity contribution < 1.29 is 10.2 Å². The van der Waals surface area contributed by atoms with E-state index in [1.807, 2.05) is 30.4 Å². The summed E-state index contributed by atoms with van der Waals surface area (Å²) < 4.78 is 0. The van der Waals surface area contributed by atoms with E-state index in [-0.39, 0.29) is 17.2 Å². The van der Waals surface area contributed by atoms with Crippen LogP contribution in [0, 0.1) is 0 Å². The van der Waals surface area contributed by atoms with Gasteiger partial charge in [0.2, 0.25) is 0 Å². The molecule has 0 bridgehead atoms. The number of aromatic amines is 1. The molecule has 0 radical (unpaired) electrons. The molecule has 0 atom stereocenters. The van der Waals surface area contributed by atoms with Crippen molar-refractivity contribution in [2.75, 3.05) is 0 Å². The Bertz CT molecular complexity index is 858. The zero-order valence-electron chi connectivity index (χ0n) is 10.6. The number of nitrogens with one attached hydrogen (secondary N) is 1. The van der Waals surface area contributed by atoms with E-state index in [1.165, 1.54) is 6.07 Å². The molecule has 0 fully saturated rings. The molecule has 0 saturated heterocycles. The maximum absolute atomic E-state index is 11.7. The van der Waals surface area contributed by atoms with Gasteiger partial charge in [-0.15, -0.1) is 0 Å². The van der Waals surface area contributed by atoms with Crippen LogP contribution >= 0.6 is 0 Å². The zero-order valence-corrected chi connectivity index (χ0v) is 10.6. The van der Waals surface area contributed by atoms with Gasteiger partial charge in [-0.2, -0.15) is 0 Å². The van der Waals surface area contributed by atoms with E-state index >= 15 is 0 Å². The topological polar surface area (TPSA) is 73.3 Å². The highest BCUT2D eigenvalue weighted by molar-refractivity contribution is 5.68. The minimum Gasteiger partial charge on any atom is -0.508 e. The predicted molar refractivity (Wildman–Crippen MR) is 77.6 cm³/mol. The average Bonchev–Trinajstić information content (AvgIpc) is 2.41. The van der Waals surface area contributed by atoms with Gasteiger partial charge in [0.1, 0.15) is 5.75 Å². The van der Waals surface area contributed by atoms with Crippen molar-refractivity contribution in [2.24, 2.45) is 0 Å². The van der Waals surface area contributed by atoms with Crippen molar-refractivity contribution in [3.8, 4) is 11.6 Å². The molecule has 0 amide bonds. The van der Waals surface area contributed by atoms with Gasteiger partial charge >= 0.3 is 0 Å². The van der Waals surface area contributed by atoms with Gasteiger partial charge in [-0.05, 0) is 34.9 Å². The minimum atomic E-state index is -0.278. The second-order valence-corrected chi connectivity index (χ2v) is 4.72. The van der Waals surface area contributed by atoms with Gasteiger partial charge in [-0.1, -0.05) is 30.4 Å². The first-order valence-corrected chi connectivity index (χ1v) is 6.26. The molecule has 1 aliphatic rings. The third-order valence-corrected chi connectivity index (χ3v) is 3.22. The number of hydrogen-bond acceptors (Lipinski definition) is 3. The molecule has 1 aliphatic carbocycles. The van der Waals surface area contributed by atoms with Gasteiger partial charge in [0.25, 0.3) is 5.56 Å². The fourth-order valence-corrected chi connectivity index (χ4v) is 2.27. The van der Waals surface area contributed by atoms with Crippen LogP contribution in [-0.2, 0) is 0 Å². The maximum atomic E-state index is 11.7. The number of H-pyrrole nitrogens is 1. The second-order valence-electron chi connectivity index (χ2n) is 4.72. The average molecular weight is 267 g/mol. The van der Waals surface area contributed by atoms with E-state index in [0.29, 0.717) is 16.9 Å². The Kier molecular flexibility index (Phi) is 2.91. The number of hydrogen-bond donors (Lipinski definition) is 3. The summed E-state index contributed by atoms with van der Waals surface area (Å²) in [7, 11) is 0. The van der Waals surface area contributed by atoms with Crippen molar-refractivity contribution in [2.45, 2.75) is 6.42 Å². The molecular weight excluding hydrogens is 254 g/mol. The van der Waals surface area contributed by atoms with Crippen molar-refractivity contribution >= 4 is 18.2 Å².